The molecule has 2 aromatic rings. The topological polar surface area (TPSA) is 91.0 Å². The van der Waals surface area contributed by atoms with Crippen LogP contribution in [0.4, 0.5) is 5.69 Å². The molecular weight excluding hydrogens is 548 g/mol. The molecule has 0 radical (unpaired) electrons. The first-order chi connectivity index (χ1) is 20.4. The van der Waals surface area contributed by atoms with Crippen LogP contribution in [0.3, 0.4) is 0 Å². The summed E-state index contributed by atoms with van der Waals surface area (Å²) in [5.41, 5.74) is 0.716. The van der Waals surface area contributed by atoms with Gasteiger partial charge in [-0.15, -0.1) is 11.8 Å². The zero-order valence-electron chi connectivity index (χ0n) is 24.3. The minimum Gasteiger partial charge on any atom is -0.359 e. The van der Waals surface area contributed by atoms with E-state index in [4.69, 9.17) is 4.74 Å². The van der Waals surface area contributed by atoms with E-state index in [2.05, 4.69) is 27.7 Å². The van der Waals surface area contributed by atoms with Gasteiger partial charge in [-0.05, 0) is 49.9 Å². The van der Waals surface area contributed by atoms with Gasteiger partial charge in [-0.1, -0.05) is 67.8 Å². The molecule has 0 aromatic heterocycles. The molecule has 0 unspecified atom stereocenters. The number of ether oxygens (including phenoxy) is 1. The van der Waals surface area contributed by atoms with Gasteiger partial charge in [0.1, 0.15) is 11.6 Å². The van der Waals surface area contributed by atoms with Crippen molar-refractivity contribution in [1.82, 2.24) is 15.1 Å². The van der Waals surface area contributed by atoms with E-state index < -0.39 is 29.6 Å². The number of thioether (sulfide) groups is 1. The average Bonchev–Trinajstić information content (AvgIpc) is 3.64. The SMILES string of the molecule is CSc1cccc(NC(=O)[C@H]2[C@H]3C=C[C@@]4(O3)[C@H]2C(=O)N(CCN(C)Cc2ccccc2)[C@@H]4C(=O)NC2CCCCC2)c1. The number of anilines is 1. The number of carbonyl (C=O) groups excluding carboxylic acids is 3. The second kappa shape index (κ2) is 12.2. The molecule has 8 nitrogen and oxygen atoms in total. The molecule has 2 bridgehead atoms. The molecule has 2 N–H and O–H groups in total. The number of likely N-dealkylation sites (N-methyl/N-ethyl adjacent to an activating group) is 1. The van der Waals surface area contributed by atoms with Crippen molar-refractivity contribution < 1.29 is 19.1 Å². The van der Waals surface area contributed by atoms with Gasteiger partial charge in [-0.2, -0.15) is 0 Å². The molecule has 42 heavy (non-hydrogen) atoms. The lowest BCUT2D eigenvalue weighted by molar-refractivity contribution is -0.141. The lowest BCUT2D eigenvalue weighted by atomic mass is 9.74. The van der Waals surface area contributed by atoms with Crippen molar-refractivity contribution >= 4 is 35.2 Å². The molecule has 3 aliphatic heterocycles. The molecule has 222 valence electrons. The molecule has 1 saturated carbocycles. The number of likely N-dealkylation sites (tertiary alicyclic amines) is 1. The third-order valence-electron chi connectivity index (χ3n) is 9.23. The zero-order valence-corrected chi connectivity index (χ0v) is 25.1. The van der Waals surface area contributed by atoms with Gasteiger partial charge in [0.05, 0.1) is 17.9 Å². The number of rotatable bonds is 10. The summed E-state index contributed by atoms with van der Waals surface area (Å²) in [5.74, 6) is -2.08. The third kappa shape index (κ3) is 5.50. The van der Waals surface area contributed by atoms with Crippen LogP contribution in [0.1, 0.15) is 37.7 Å². The van der Waals surface area contributed by atoms with Crippen LogP contribution in [0, 0.1) is 11.8 Å². The fourth-order valence-corrected chi connectivity index (χ4v) is 7.67. The minimum atomic E-state index is -1.15. The number of carbonyl (C=O) groups is 3. The van der Waals surface area contributed by atoms with Crippen LogP contribution in [-0.2, 0) is 25.7 Å². The maximum absolute atomic E-state index is 14.2. The van der Waals surface area contributed by atoms with Crippen LogP contribution in [0.25, 0.3) is 0 Å². The fourth-order valence-electron chi connectivity index (χ4n) is 7.21. The van der Waals surface area contributed by atoms with Crippen LogP contribution in [0.5, 0.6) is 0 Å². The first kappa shape index (κ1) is 29.0. The van der Waals surface area contributed by atoms with Crippen molar-refractivity contribution in [3.05, 3.63) is 72.3 Å². The van der Waals surface area contributed by atoms with E-state index in [9.17, 15) is 14.4 Å². The molecule has 1 spiro atoms. The summed E-state index contributed by atoms with van der Waals surface area (Å²) in [5, 5.41) is 6.29. The molecule has 4 aliphatic rings. The second-order valence-corrected chi connectivity index (χ2v) is 12.9. The summed E-state index contributed by atoms with van der Waals surface area (Å²) in [4.78, 5) is 46.9. The molecule has 3 heterocycles. The summed E-state index contributed by atoms with van der Waals surface area (Å²) in [7, 11) is 2.02. The maximum Gasteiger partial charge on any atom is 0.246 e. The van der Waals surface area contributed by atoms with Gasteiger partial charge in [-0.25, -0.2) is 0 Å². The van der Waals surface area contributed by atoms with E-state index in [0.29, 0.717) is 18.8 Å². The highest BCUT2D eigenvalue weighted by Crippen LogP contribution is 2.55. The van der Waals surface area contributed by atoms with Gasteiger partial charge in [0.15, 0.2) is 0 Å². The smallest absolute Gasteiger partial charge is 0.246 e. The number of benzene rings is 2. The van der Waals surface area contributed by atoms with E-state index in [-0.39, 0.29) is 23.8 Å². The highest BCUT2D eigenvalue weighted by atomic mass is 32.2. The maximum atomic E-state index is 14.2. The van der Waals surface area contributed by atoms with E-state index in [1.54, 1.807) is 16.7 Å². The number of amides is 3. The molecule has 3 amide bonds. The molecule has 5 atom stereocenters. The monoisotopic (exact) mass is 588 g/mol. The number of hydrogen-bond donors (Lipinski definition) is 2. The highest BCUT2D eigenvalue weighted by molar-refractivity contribution is 7.98. The lowest BCUT2D eigenvalue weighted by Crippen LogP contribution is -2.57. The van der Waals surface area contributed by atoms with Crippen LogP contribution >= 0.6 is 11.8 Å². The third-order valence-corrected chi connectivity index (χ3v) is 9.96. The van der Waals surface area contributed by atoms with E-state index in [0.717, 1.165) is 37.1 Å². The summed E-state index contributed by atoms with van der Waals surface area (Å²) in [6, 6.07) is 17.1. The Balaban J connectivity index is 1.24. The van der Waals surface area contributed by atoms with Crippen molar-refractivity contribution in [1.29, 1.82) is 0 Å². The number of fused-ring (bicyclic) bond motifs is 1. The van der Waals surface area contributed by atoms with Crippen molar-refractivity contribution in [2.75, 3.05) is 31.7 Å². The first-order valence-electron chi connectivity index (χ1n) is 15.0. The van der Waals surface area contributed by atoms with Gasteiger partial charge in [0.2, 0.25) is 17.7 Å². The second-order valence-electron chi connectivity index (χ2n) is 12.0. The van der Waals surface area contributed by atoms with E-state index in [1.807, 2.05) is 67.9 Å². The standard InChI is InChI=1S/C33H40N4O4S/c1-36(21-22-10-5-3-6-11-22)18-19-37-29(31(39)34-23-12-7-4-8-13-23)33-17-16-26(41-33)27(28(33)32(37)40)30(38)35-24-14-9-15-25(20-24)42-2/h3,5-6,9-11,14-17,20,23,26-29H,4,7-8,12-13,18-19,21H2,1-2H3,(H,34,39)(H,35,38)/t26-,27+,28-,29-,33-/m1/s1. The Morgan fingerprint density at radius 3 is 2.62 bits per heavy atom. The molecular formula is C33H40N4O4S. The number of hydrogen-bond acceptors (Lipinski definition) is 6. The van der Waals surface area contributed by atoms with Crippen LogP contribution < -0.4 is 10.6 Å². The van der Waals surface area contributed by atoms with E-state index in [1.165, 1.54) is 12.0 Å². The highest BCUT2D eigenvalue weighted by Gasteiger charge is 2.72. The lowest BCUT2D eigenvalue weighted by Gasteiger charge is -2.34. The Morgan fingerprint density at radius 2 is 1.86 bits per heavy atom. The van der Waals surface area contributed by atoms with Gasteiger partial charge >= 0.3 is 0 Å². The quantitative estimate of drug-likeness (QED) is 0.321. The summed E-state index contributed by atoms with van der Waals surface area (Å²) < 4.78 is 6.51. The number of nitrogens with zero attached hydrogens (tertiary/aromatic N) is 2. The Bertz CT molecular complexity index is 1350. The van der Waals surface area contributed by atoms with Gasteiger partial charge in [0.25, 0.3) is 0 Å². The average molecular weight is 589 g/mol. The molecule has 1 aliphatic carbocycles. The molecule has 6 rings (SSSR count). The first-order valence-corrected chi connectivity index (χ1v) is 16.3. The van der Waals surface area contributed by atoms with Crippen molar-refractivity contribution in [3.8, 4) is 0 Å². The van der Waals surface area contributed by atoms with Crippen LogP contribution in [0.15, 0.2) is 71.6 Å². The molecule has 2 saturated heterocycles. The minimum absolute atomic E-state index is 0.102. The number of nitrogens with one attached hydrogen (secondary N) is 2. The summed E-state index contributed by atoms with van der Waals surface area (Å²) in [6.45, 7) is 1.69. The van der Waals surface area contributed by atoms with Crippen LogP contribution in [0.2, 0.25) is 0 Å². The zero-order chi connectivity index (χ0) is 29.3. The van der Waals surface area contributed by atoms with Gasteiger partial charge < -0.3 is 25.2 Å². The predicted molar refractivity (Wildman–Crippen MR) is 164 cm³/mol. The predicted octanol–water partition coefficient (Wildman–Crippen LogP) is 4.08. The summed E-state index contributed by atoms with van der Waals surface area (Å²) >= 11 is 1.60. The Kier molecular flexibility index (Phi) is 8.43. The van der Waals surface area contributed by atoms with Crippen molar-refractivity contribution in [2.45, 2.75) is 67.3 Å². The van der Waals surface area contributed by atoms with Crippen molar-refractivity contribution in [2.24, 2.45) is 11.8 Å². The van der Waals surface area contributed by atoms with Gasteiger partial charge in [-0.3, -0.25) is 14.4 Å². The summed E-state index contributed by atoms with van der Waals surface area (Å²) in [6.07, 6.45) is 10.5. The Hall–Kier alpha value is -3.14. The molecule has 2 aromatic carbocycles. The van der Waals surface area contributed by atoms with Crippen LogP contribution in [-0.4, -0.2) is 77.7 Å². The Morgan fingerprint density at radius 1 is 1.07 bits per heavy atom. The van der Waals surface area contributed by atoms with Crippen molar-refractivity contribution in [3.63, 3.8) is 0 Å². The van der Waals surface area contributed by atoms with Gasteiger partial charge in [0, 0.05) is 36.3 Å². The van der Waals surface area contributed by atoms with E-state index >= 15 is 0 Å². The molecule has 9 heteroatoms. The Labute approximate surface area is 252 Å². The normalized spacial score (nSPS) is 28.4. The molecule has 3 fully saturated rings. The largest absolute Gasteiger partial charge is 0.359 e. The fraction of sp³-hybridized carbons (Fsp3) is 0.485.